The minimum Gasteiger partial charge on any atom is -0.292 e. The van der Waals surface area contributed by atoms with Crippen molar-refractivity contribution in [2.75, 3.05) is 5.43 Å². The first kappa shape index (κ1) is 13.9. The molecular weight excluding hydrogens is 280 g/mol. The molecule has 0 spiro atoms. The van der Waals surface area contributed by atoms with Gasteiger partial charge in [0.15, 0.2) is 0 Å². The summed E-state index contributed by atoms with van der Waals surface area (Å²) in [4.78, 5) is 10.1. The van der Waals surface area contributed by atoms with Crippen LogP contribution in [0.4, 0.5) is 5.95 Å². The lowest BCUT2D eigenvalue weighted by molar-refractivity contribution is 1.07. The molecule has 106 valence electrons. The van der Waals surface area contributed by atoms with Gasteiger partial charge in [0.05, 0.1) is 5.52 Å². The van der Waals surface area contributed by atoms with E-state index in [2.05, 4.69) is 47.4 Å². The van der Waals surface area contributed by atoms with E-state index in [1.165, 1.54) is 16.0 Å². The van der Waals surface area contributed by atoms with Crippen molar-refractivity contribution in [3.05, 3.63) is 53.6 Å². The number of nitrogens with two attached hydrogens (primary N) is 1. The van der Waals surface area contributed by atoms with E-state index in [0.29, 0.717) is 5.95 Å². The van der Waals surface area contributed by atoms with Crippen molar-refractivity contribution in [1.82, 2.24) is 9.97 Å². The normalized spacial score (nSPS) is 10.8. The summed E-state index contributed by atoms with van der Waals surface area (Å²) < 4.78 is 0. The Morgan fingerprint density at radius 3 is 2.67 bits per heavy atom. The van der Waals surface area contributed by atoms with Crippen LogP contribution in [0.1, 0.15) is 11.1 Å². The number of para-hydroxylation sites is 1. The minimum absolute atomic E-state index is 0.432. The lowest BCUT2D eigenvalue weighted by Crippen LogP contribution is -2.10. The van der Waals surface area contributed by atoms with Gasteiger partial charge < -0.3 is 0 Å². The molecule has 0 fully saturated rings. The Morgan fingerprint density at radius 1 is 1.05 bits per heavy atom. The standard InChI is InChI=1S/C16H16N4S/c1-10-7-8-11(2)14(9-10)21-15-12-5-3-4-6-13(12)18-16(19-15)20-17/h3-9H,17H2,1-2H3,(H,18,19,20). The second-order valence-electron chi connectivity index (χ2n) is 4.88. The van der Waals surface area contributed by atoms with Crippen LogP contribution >= 0.6 is 11.8 Å². The van der Waals surface area contributed by atoms with Crippen LogP contribution in [0.2, 0.25) is 0 Å². The summed E-state index contributed by atoms with van der Waals surface area (Å²) in [6.45, 7) is 4.20. The summed E-state index contributed by atoms with van der Waals surface area (Å²) in [7, 11) is 0. The van der Waals surface area contributed by atoms with Crippen molar-refractivity contribution >= 4 is 28.6 Å². The average Bonchev–Trinajstić information content (AvgIpc) is 2.50. The number of hydrazine groups is 1. The molecule has 0 saturated carbocycles. The number of hydrogen-bond donors (Lipinski definition) is 2. The van der Waals surface area contributed by atoms with Crippen LogP contribution in [-0.4, -0.2) is 9.97 Å². The van der Waals surface area contributed by atoms with Gasteiger partial charge in [0.25, 0.3) is 0 Å². The quantitative estimate of drug-likeness (QED) is 0.438. The number of benzene rings is 2. The Hall–Kier alpha value is -2.11. The fourth-order valence-corrected chi connectivity index (χ4v) is 3.21. The first-order valence-electron chi connectivity index (χ1n) is 6.66. The third-order valence-corrected chi connectivity index (χ3v) is 4.41. The van der Waals surface area contributed by atoms with Gasteiger partial charge >= 0.3 is 0 Å². The highest BCUT2D eigenvalue weighted by molar-refractivity contribution is 7.99. The molecule has 0 unspecified atom stereocenters. The maximum Gasteiger partial charge on any atom is 0.238 e. The van der Waals surface area contributed by atoms with Gasteiger partial charge in [0.1, 0.15) is 5.03 Å². The molecule has 0 aliphatic rings. The average molecular weight is 296 g/mol. The van der Waals surface area contributed by atoms with E-state index < -0.39 is 0 Å². The Labute approximate surface area is 127 Å². The summed E-state index contributed by atoms with van der Waals surface area (Å²) in [6, 6.07) is 14.4. The lowest BCUT2D eigenvalue weighted by atomic mass is 10.2. The first-order chi connectivity index (χ1) is 10.2. The second kappa shape index (κ2) is 5.71. The number of rotatable bonds is 3. The fraction of sp³-hybridized carbons (Fsp3) is 0.125. The monoisotopic (exact) mass is 296 g/mol. The molecule has 3 aromatic rings. The zero-order chi connectivity index (χ0) is 14.8. The number of anilines is 1. The molecule has 21 heavy (non-hydrogen) atoms. The fourth-order valence-electron chi connectivity index (χ4n) is 2.11. The third-order valence-electron chi connectivity index (χ3n) is 3.25. The summed E-state index contributed by atoms with van der Waals surface area (Å²) in [5.41, 5.74) is 5.89. The third kappa shape index (κ3) is 2.84. The summed E-state index contributed by atoms with van der Waals surface area (Å²) >= 11 is 1.64. The van der Waals surface area contributed by atoms with E-state index in [-0.39, 0.29) is 0 Å². The predicted molar refractivity (Wildman–Crippen MR) is 87.4 cm³/mol. The Balaban J connectivity index is 2.13. The molecule has 1 heterocycles. The Kier molecular flexibility index (Phi) is 3.77. The first-order valence-corrected chi connectivity index (χ1v) is 7.47. The maximum absolute atomic E-state index is 5.47. The van der Waals surface area contributed by atoms with Gasteiger partial charge in [-0.15, -0.1) is 0 Å². The number of aromatic nitrogens is 2. The largest absolute Gasteiger partial charge is 0.292 e. The summed E-state index contributed by atoms with van der Waals surface area (Å²) in [5, 5.41) is 1.93. The van der Waals surface area contributed by atoms with Crippen molar-refractivity contribution in [2.45, 2.75) is 23.8 Å². The second-order valence-corrected chi connectivity index (χ2v) is 5.92. The van der Waals surface area contributed by atoms with Gasteiger partial charge in [-0.2, -0.15) is 0 Å². The van der Waals surface area contributed by atoms with E-state index >= 15 is 0 Å². The highest BCUT2D eigenvalue weighted by Gasteiger charge is 2.10. The molecule has 0 aliphatic heterocycles. The van der Waals surface area contributed by atoms with Crippen molar-refractivity contribution in [3.8, 4) is 0 Å². The van der Waals surface area contributed by atoms with Crippen LogP contribution in [0.25, 0.3) is 10.9 Å². The van der Waals surface area contributed by atoms with E-state index in [9.17, 15) is 0 Å². The molecule has 1 aromatic heterocycles. The van der Waals surface area contributed by atoms with E-state index in [0.717, 1.165) is 15.9 Å². The van der Waals surface area contributed by atoms with Crippen LogP contribution in [-0.2, 0) is 0 Å². The van der Waals surface area contributed by atoms with Crippen molar-refractivity contribution in [2.24, 2.45) is 5.84 Å². The van der Waals surface area contributed by atoms with Crippen LogP contribution in [0.5, 0.6) is 0 Å². The summed E-state index contributed by atoms with van der Waals surface area (Å²) in [5.74, 6) is 5.90. The molecule has 2 aromatic carbocycles. The predicted octanol–water partition coefficient (Wildman–Crippen LogP) is 3.68. The maximum atomic E-state index is 5.47. The topological polar surface area (TPSA) is 63.8 Å². The van der Waals surface area contributed by atoms with E-state index in [1.54, 1.807) is 11.8 Å². The molecule has 3 rings (SSSR count). The number of fused-ring (bicyclic) bond motifs is 1. The molecule has 5 heteroatoms. The van der Waals surface area contributed by atoms with E-state index in [1.807, 2.05) is 24.3 Å². The van der Waals surface area contributed by atoms with Crippen molar-refractivity contribution < 1.29 is 0 Å². The molecule has 0 saturated heterocycles. The number of aryl methyl sites for hydroxylation is 2. The lowest BCUT2D eigenvalue weighted by Gasteiger charge is -2.10. The Morgan fingerprint density at radius 2 is 1.86 bits per heavy atom. The molecule has 0 bridgehead atoms. The summed E-state index contributed by atoms with van der Waals surface area (Å²) in [6.07, 6.45) is 0. The zero-order valence-electron chi connectivity index (χ0n) is 11.9. The van der Waals surface area contributed by atoms with E-state index in [4.69, 9.17) is 5.84 Å². The van der Waals surface area contributed by atoms with Crippen LogP contribution < -0.4 is 11.3 Å². The molecule has 0 radical (unpaired) electrons. The van der Waals surface area contributed by atoms with Gasteiger partial charge in [-0.25, -0.2) is 15.8 Å². The van der Waals surface area contributed by atoms with Crippen LogP contribution in [0.3, 0.4) is 0 Å². The highest BCUT2D eigenvalue weighted by atomic mass is 32.2. The highest BCUT2D eigenvalue weighted by Crippen LogP contribution is 2.34. The van der Waals surface area contributed by atoms with Crippen LogP contribution in [0, 0.1) is 13.8 Å². The van der Waals surface area contributed by atoms with Crippen molar-refractivity contribution in [3.63, 3.8) is 0 Å². The molecular formula is C16H16N4S. The van der Waals surface area contributed by atoms with Gasteiger partial charge in [-0.3, -0.25) is 5.43 Å². The number of nitrogen functional groups attached to an aromatic ring is 1. The number of hydrogen-bond acceptors (Lipinski definition) is 5. The molecule has 0 aliphatic carbocycles. The zero-order valence-corrected chi connectivity index (χ0v) is 12.7. The molecule has 0 amide bonds. The molecule has 0 atom stereocenters. The molecule has 4 nitrogen and oxygen atoms in total. The SMILES string of the molecule is Cc1ccc(C)c(Sc2nc(NN)nc3ccccc23)c1. The van der Waals surface area contributed by atoms with Gasteiger partial charge in [0, 0.05) is 10.3 Å². The molecule has 3 N–H and O–H groups in total. The number of nitrogens with zero attached hydrogens (tertiary/aromatic N) is 2. The smallest absolute Gasteiger partial charge is 0.238 e. The van der Waals surface area contributed by atoms with Crippen LogP contribution in [0.15, 0.2) is 52.4 Å². The van der Waals surface area contributed by atoms with Crippen molar-refractivity contribution in [1.29, 1.82) is 0 Å². The van der Waals surface area contributed by atoms with Gasteiger partial charge in [0.2, 0.25) is 5.95 Å². The Bertz CT molecular complexity index is 801. The van der Waals surface area contributed by atoms with Gasteiger partial charge in [-0.05, 0) is 37.1 Å². The van der Waals surface area contributed by atoms with Gasteiger partial charge in [-0.1, -0.05) is 42.1 Å². The minimum atomic E-state index is 0.432. The number of nitrogens with one attached hydrogen (secondary N) is 1.